The van der Waals surface area contributed by atoms with E-state index in [1.165, 1.54) is 28.8 Å². The number of hydrogen-bond donors (Lipinski definition) is 1. The number of nitrogens with one attached hydrogen (secondary N) is 1. The van der Waals surface area contributed by atoms with Gasteiger partial charge in [-0.25, -0.2) is 4.68 Å². The highest BCUT2D eigenvalue weighted by molar-refractivity contribution is 6.06. The summed E-state index contributed by atoms with van der Waals surface area (Å²) in [5, 5.41) is 6.71. The van der Waals surface area contributed by atoms with Crippen molar-refractivity contribution in [3.63, 3.8) is 0 Å². The van der Waals surface area contributed by atoms with Gasteiger partial charge in [-0.2, -0.15) is 5.10 Å². The molecule has 1 atom stereocenters. The fourth-order valence-electron chi connectivity index (χ4n) is 2.80. The minimum atomic E-state index is -0.819. The number of benzene rings is 1. The summed E-state index contributed by atoms with van der Waals surface area (Å²) >= 11 is 0. The Kier molecular flexibility index (Phi) is 5.01. The van der Waals surface area contributed by atoms with Crippen LogP contribution >= 0.6 is 0 Å². The Labute approximate surface area is 150 Å². The highest BCUT2D eigenvalue weighted by Crippen LogP contribution is 2.33. The third kappa shape index (κ3) is 3.30. The van der Waals surface area contributed by atoms with Gasteiger partial charge in [0.15, 0.2) is 6.10 Å². The Balaban J connectivity index is 1.98. The zero-order chi connectivity index (χ0) is 18.7. The summed E-state index contributed by atoms with van der Waals surface area (Å²) in [5.74, 6) is -0.261. The number of para-hydroxylation sites is 2. The number of anilines is 1. The number of rotatable bonds is 4. The summed E-state index contributed by atoms with van der Waals surface area (Å²) in [6.07, 6.45) is -0.0932. The Hall–Kier alpha value is -3.16. The van der Waals surface area contributed by atoms with Crippen LogP contribution in [0.25, 0.3) is 0 Å². The second-order valence-electron chi connectivity index (χ2n) is 5.88. The first-order valence-corrected chi connectivity index (χ1v) is 8.42. The number of aryl methyl sites for hydroxylation is 1. The van der Waals surface area contributed by atoms with Crippen molar-refractivity contribution in [2.24, 2.45) is 0 Å². The molecule has 2 heterocycles. The van der Waals surface area contributed by atoms with Crippen molar-refractivity contribution in [3.05, 3.63) is 52.4 Å². The first kappa shape index (κ1) is 17.7. The summed E-state index contributed by atoms with van der Waals surface area (Å²) in [7, 11) is 1.51. The summed E-state index contributed by atoms with van der Waals surface area (Å²) in [5.41, 5.74) is 0.451. The van der Waals surface area contributed by atoms with Crippen LogP contribution in [0.1, 0.15) is 23.8 Å². The van der Waals surface area contributed by atoms with Crippen LogP contribution in [0.4, 0.5) is 5.69 Å². The average molecular weight is 356 g/mol. The van der Waals surface area contributed by atoms with Crippen molar-refractivity contribution in [2.45, 2.75) is 26.0 Å². The molecule has 1 unspecified atom stereocenters. The standard InChI is InChI=1S/C18H20N4O4/c1-3-10-22-16(23)9-8-12(20-22)18(25)21-11-15(17(24)19-2)26-14-7-5-4-6-13(14)21/h4-9,15H,3,10-11H2,1-2H3,(H,19,24). The van der Waals surface area contributed by atoms with Crippen LogP contribution in [0, 0.1) is 0 Å². The van der Waals surface area contributed by atoms with E-state index >= 15 is 0 Å². The van der Waals surface area contributed by atoms with E-state index in [0.717, 1.165) is 6.42 Å². The Morgan fingerprint density at radius 2 is 2.04 bits per heavy atom. The number of ether oxygens (including phenoxy) is 1. The third-order valence-electron chi connectivity index (χ3n) is 4.08. The van der Waals surface area contributed by atoms with Crippen LogP contribution < -0.4 is 20.5 Å². The van der Waals surface area contributed by atoms with E-state index in [2.05, 4.69) is 10.4 Å². The predicted molar refractivity (Wildman–Crippen MR) is 95.4 cm³/mol. The van der Waals surface area contributed by atoms with E-state index in [4.69, 9.17) is 4.74 Å². The zero-order valence-corrected chi connectivity index (χ0v) is 14.6. The molecule has 8 nitrogen and oxygen atoms in total. The van der Waals surface area contributed by atoms with E-state index in [-0.39, 0.29) is 29.6 Å². The van der Waals surface area contributed by atoms with Crippen LogP contribution in [0.5, 0.6) is 5.75 Å². The molecule has 8 heteroatoms. The summed E-state index contributed by atoms with van der Waals surface area (Å²) in [6.45, 7) is 2.42. The fourth-order valence-corrected chi connectivity index (χ4v) is 2.80. The van der Waals surface area contributed by atoms with Crippen LogP contribution in [-0.4, -0.2) is 41.3 Å². The number of carbonyl (C=O) groups excluding carboxylic acids is 2. The molecular weight excluding hydrogens is 336 g/mol. The van der Waals surface area contributed by atoms with Crippen LogP contribution in [0.15, 0.2) is 41.2 Å². The van der Waals surface area contributed by atoms with Gasteiger partial charge in [-0.3, -0.25) is 19.3 Å². The van der Waals surface area contributed by atoms with Gasteiger partial charge in [0.05, 0.1) is 12.2 Å². The monoisotopic (exact) mass is 356 g/mol. The van der Waals surface area contributed by atoms with Gasteiger partial charge in [-0.1, -0.05) is 19.1 Å². The molecule has 0 bridgehead atoms. The molecule has 0 aliphatic carbocycles. The number of hydrogen-bond acceptors (Lipinski definition) is 5. The molecule has 1 N–H and O–H groups in total. The molecule has 0 saturated carbocycles. The van der Waals surface area contributed by atoms with E-state index in [0.29, 0.717) is 18.0 Å². The smallest absolute Gasteiger partial charge is 0.278 e. The Morgan fingerprint density at radius 3 is 2.77 bits per heavy atom. The first-order valence-electron chi connectivity index (χ1n) is 8.42. The van der Waals surface area contributed by atoms with Crippen molar-refractivity contribution in [1.82, 2.24) is 15.1 Å². The number of aromatic nitrogens is 2. The van der Waals surface area contributed by atoms with E-state index < -0.39 is 6.10 Å². The lowest BCUT2D eigenvalue weighted by atomic mass is 10.1. The van der Waals surface area contributed by atoms with Gasteiger partial charge in [0.1, 0.15) is 11.4 Å². The van der Waals surface area contributed by atoms with E-state index in [1.807, 2.05) is 6.92 Å². The summed E-state index contributed by atoms with van der Waals surface area (Å²) in [4.78, 5) is 38.4. The second-order valence-corrected chi connectivity index (χ2v) is 5.88. The lowest BCUT2D eigenvalue weighted by molar-refractivity contribution is -0.127. The molecule has 0 saturated heterocycles. The zero-order valence-electron chi connectivity index (χ0n) is 14.6. The normalized spacial score (nSPS) is 15.8. The highest BCUT2D eigenvalue weighted by atomic mass is 16.5. The van der Waals surface area contributed by atoms with Gasteiger partial charge in [-0.15, -0.1) is 0 Å². The minimum absolute atomic E-state index is 0.0596. The topological polar surface area (TPSA) is 93.5 Å². The van der Waals surface area contributed by atoms with Gasteiger partial charge < -0.3 is 10.1 Å². The number of likely N-dealkylation sites (N-methyl/N-ethyl adjacent to an activating group) is 1. The number of carbonyl (C=O) groups is 2. The van der Waals surface area contributed by atoms with E-state index in [9.17, 15) is 14.4 Å². The molecule has 2 aromatic rings. The third-order valence-corrected chi connectivity index (χ3v) is 4.08. The van der Waals surface area contributed by atoms with Crippen LogP contribution in [0.3, 0.4) is 0 Å². The first-order chi connectivity index (χ1) is 12.5. The summed E-state index contributed by atoms with van der Waals surface area (Å²) < 4.78 is 6.97. The SMILES string of the molecule is CCCn1nc(C(=O)N2CC(C(=O)NC)Oc3ccccc32)ccc1=O. The molecule has 1 aliphatic heterocycles. The van der Waals surface area contributed by atoms with Crippen molar-refractivity contribution < 1.29 is 14.3 Å². The molecule has 0 spiro atoms. The van der Waals surface area contributed by atoms with Gasteiger partial charge >= 0.3 is 0 Å². The largest absolute Gasteiger partial charge is 0.477 e. The van der Waals surface area contributed by atoms with Crippen molar-refractivity contribution in [2.75, 3.05) is 18.5 Å². The number of nitrogens with zero attached hydrogens (tertiary/aromatic N) is 3. The molecule has 0 radical (unpaired) electrons. The molecule has 136 valence electrons. The molecule has 1 aromatic heterocycles. The van der Waals surface area contributed by atoms with Gasteiger partial charge in [0.25, 0.3) is 17.4 Å². The van der Waals surface area contributed by atoms with Crippen LogP contribution in [0.2, 0.25) is 0 Å². The van der Waals surface area contributed by atoms with Crippen LogP contribution in [-0.2, 0) is 11.3 Å². The number of fused-ring (bicyclic) bond motifs is 1. The Morgan fingerprint density at radius 1 is 1.27 bits per heavy atom. The molecule has 1 aliphatic rings. The number of amides is 2. The molecule has 3 rings (SSSR count). The van der Waals surface area contributed by atoms with Gasteiger partial charge in [0.2, 0.25) is 0 Å². The predicted octanol–water partition coefficient (Wildman–Crippen LogP) is 0.807. The quantitative estimate of drug-likeness (QED) is 0.875. The molecule has 26 heavy (non-hydrogen) atoms. The molecule has 1 aromatic carbocycles. The van der Waals surface area contributed by atoms with Gasteiger partial charge in [-0.05, 0) is 24.6 Å². The maximum absolute atomic E-state index is 13.0. The molecular formula is C18H20N4O4. The fraction of sp³-hybridized carbons (Fsp3) is 0.333. The van der Waals surface area contributed by atoms with Crippen molar-refractivity contribution in [1.29, 1.82) is 0 Å². The maximum Gasteiger partial charge on any atom is 0.278 e. The molecule has 0 fully saturated rings. The second kappa shape index (κ2) is 7.38. The van der Waals surface area contributed by atoms with Crippen molar-refractivity contribution >= 4 is 17.5 Å². The summed E-state index contributed by atoms with van der Waals surface area (Å²) in [6, 6.07) is 9.75. The van der Waals surface area contributed by atoms with E-state index in [1.54, 1.807) is 24.3 Å². The van der Waals surface area contributed by atoms with Gasteiger partial charge in [0, 0.05) is 19.7 Å². The average Bonchev–Trinajstić information content (AvgIpc) is 2.67. The lowest BCUT2D eigenvalue weighted by Gasteiger charge is -2.33. The minimum Gasteiger partial charge on any atom is -0.477 e. The van der Waals surface area contributed by atoms with Crippen molar-refractivity contribution in [3.8, 4) is 5.75 Å². The maximum atomic E-state index is 13.0. The highest BCUT2D eigenvalue weighted by Gasteiger charge is 2.34. The lowest BCUT2D eigenvalue weighted by Crippen LogP contribution is -2.50. The molecule has 2 amide bonds. The Bertz CT molecular complexity index is 893.